The van der Waals surface area contributed by atoms with Crippen molar-refractivity contribution in [1.82, 2.24) is 0 Å². The number of nitrogens with zero attached hydrogens (tertiary/aromatic N) is 1. The molecular formula is C11H24ClN. The van der Waals surface area contributed by atoms with E-state index in [2.05, 4.69) is 4.99 Å². The number of alkyl halides is 1. The third kappa shape index (κ3) is 14.5. The Labute approximate surface area is 88.9 Å². The van der Waals surface area contributed by atoms with Crippen LogP contribution in [0.1, 0.15) is 41.5 Å². The van der Waals surface area contributed by atoms with Crippen LogP contribution in [0, 0.1) is 0 Å². The Morgan fingerprint density at radius 3 is 1.69 bits per heavy atom. The number of rotatable bonds is 2. The summed E-state index contributed by atoms with van der Waals surface area (Å²) in [6, 6.07) is 0. The van der Waals surface area contributed by atoms with Gasteiger partial charge in [-0.2, -0.15) is 0 Å². The zero-order chi connectivity index (χ0) is 11.3. The predicted molar refractivity (Wildman–Crippen MR) is 66.2 cm³/mol. The molecule has 0 saturated heterocycles. The first kappa shape index (κ1) is 18.5. The summed E-state index contributed by atoms with van der Waals surface area (Å²) >= 11 is 5.74. The van der Waals surface area contributed by atoms with Gasteiger partial charge in [0.05, 0.1) is 11.1 Å². The van der Waals surface area contributed by atoms with Crippen molar-refractivity contribution < 1.29 is 0 Å². The highest BCUT2D eigenvalue weighted by Gasteiger charge is 1.99. The lowest BCUT2D eigenvalue weighted by Gasteiger charge is -1.99. The van der Waals surface area contributed by atoms with Crippen molar-refractivity contribution in [3.8, 4) is 0 Å². The average molecular weight is 206 g/mol. The van der Waals surface area contributed by atoms with Crippen LogP contribution < -0.4 is 0 Å². The van der Waals surface area contributed by atoms with Crippen LogP contribution in [0.4, 0.5) is 0 Å². The van der Waals surface area contributed by atoms with E-state index in [1.165, 1.54) is 0 Å². The Hall–Kier alpha value is -0.300. The molecular weight excluding hydrogens is 182 g/mol. The molecule has 0 saturated carbocycles. The lowest BCUT2D eigenvalue weighted by atomic mass is 10.2. The highest BCUT2D eigenvalue weighted by molar-refractivity contribution is 6.33. The fourth-order valence-electron chi connectivity index (χ4n) is 0.556. The lowest BCUT2D eigenvalue weighted by molar-refractivity contribution is 1.26. The van der Waals surface area contributed by atoms with Gasteiger partial charge in [0, 0.05) is 7.05 Å². The number of aliphatic imine (C=N–C) groups is 1. The van der Waals surface area contributed by atoms with Gasteiger partial charge in [-0.25, -0.2) is 0 Å². The monoisotopic (exact) mass is 205 g/mol. The summed E-state index contributed by atoms with van der Waals surface area (Å²) in [5.41, 5.74) is 0.930. The number of hydrogen-bond acceptors (Lipinski definition) is 1. The summed E-state index contributed by atoms with van der Waals surface area (Å²) in [7, 11) is 1.74. The third-order valence-electron chi connectivity index (χ3n) is 1.00. The maximum absolute atomic E-state index is 5.74. The molecule has 1 atom stereocenters. The van der Waals surface area contributed by atoms with E-state index >= 15 is 0 Å². The topological polar surface area (TPSA) is 12.4 Å². The van der Waals surface area contributed by atoms with E-state index in [1.54, 1.807) is 7.05 Å². The van der Waals surface area contributed by atoms with Crippen LogP contribution in [0.5, 0.6) is 0 Å². The fourth-order valence-corrected chi connectivity index (χ4v) is 0.726. The van der Waals surface area contributed by atoms with E-state index in [9.17, 15) is 0 Å². The van der Waals surface area contributed by atoms with Gasteiger partial charge in [-0.05, 0) is 19.9 Å². The molecule has 0 aliphatic heterocycles. The Morgan fingerprint density at radius 2 is 1.62 bits per heavy atom. The largest absolute Gasteiger partial charge is 0.292 e. The molecule has 0 aliphatic carbocycles. The second-order valence-electron chi connectivity index (χ2n) is 1.76. The van der Waals surface area contributed by atoms with E-state index in [0.717, 1.165) is 5.71 Å². The molecule has 0 heterocycles. The molecule has 13 heavy (non-hydrogen) atoms. The summed E-state index contributed by atoms with van der Waals surface area (Å²) < 4.78 is 0. The van der Waals surface area contributed by atoms with Crippen molar-refractivity contribution in [1.29, 1.82) is 0 Å². The van der Waals surface area contributed by atoms with Gasteiger partial charge in [0.1, 0.15) is 0 Å². The Morgan fingerprint density at radius 1 is 1.23 bits per heavy atom. The standard InChI is InChI=1S/C7H12ClN.2C2H6/c1-4-5-7(9-3)6(2)8;2*1-2/h4-6H,1-3H3;2*1-2H3/b5-4-,9-7?;;. The maximum Gasteiger partial charge on any atom is 0.0724 e. The van der Waals surface area contributed by atoms with Gasteiger partial charge in [0.25, 0.3) is 0 Å². The van der Waals surface area contributed by atoms with Crippen molar-refractivity contribution in [3.63, 3.8) is 0 Å². The SMILES string of the molecule is C/C=C\C(=NC)C(C)Cl.CC.CC. The first-order valence-electron chi connectivity index (χ1n) is 4.95. The molecule has 0 spiro atoms. The lowest BCUT2D eigenvalue weighted by Crippen LogP contribution is -2.06. The van der Waals surface area contributed by atoms with Crippen molar-refractivity contribution in [2.75, 3.05) is 7.05 Å². The van der Waals surface area contributed by atoms with E-state index in [-0.39, 0.29) is 5.38 Å². The summed E-state index contributed by atoms with van der Waals surface area (Å²) in [4.78, 5) is 3.98. The predicted octanol–water partition coefficient (Wildman–Crippen LogP) is 4.31. The van der Waals surface area contributed by atoms with Crippen LogP contribution in [-0.4, -0.2) is 18.1 Å². The Bertz CT molecular complexity index is 126. The van der Waals surface area contributed by atoms with Gasteiger partial charge in [0.15, 0.2) is 0 Å². The third-order valence-corrected chi connectivity index (χ3v) is 1.23. The van der Waals surface area contributed by atoms with Crippen molar-refractivity contribution >= 4 is 17.3 Å². The minimum absolute atomic E-state index is 0.0196. The highest BCUT2D eigenvalue weighted by atomic mass is 35.5. The summed E-state index contributed by atoms with van der Waals surface area (Å²) in [6.45, 7) is 11.9. The maximum atomic E-state index is 5.74. The molecule has 0 N–H and O–H groups in total. The Kier molecular flexibility index (Phi) is 25.2. The van der Waals surface area contributed by atoms with E-state index in [1.807, 2.05) is 53.7 Å². The van der Waals surface area contributed by atoms with Gasteiger partial charge in [-0.1, -0.05) is 33.8 Å². The minimum Gasteiger partial charge on any atom is -0.292 e. The number of hydrogen-bond donors (Lipinski definition) is 0. The van der Waals surface area contributed by atoms with E-state index < -0.39 is 0 Å². The summed E-state index contributed by atoms with van der Waals surface area (Å²) in [5.74, 6) is 0. The molecule has 2 heteroatoms. The van der Waals surface area contributed by atoms with Crippen LogP contribution in [-0.2, 0) is 0 Å². The van der Waals surface area contributed by atoms with Crippen LogP contribution >= 0.6 is 11.6 Å². The van der Waals surface area contributed by atoms with Crippen LogP contribution in [0.15, 0.2) is 17.1 Å². The fraction of sp³-hybridized carbons (Fsp3) is 0.727. The number of allylic oxidation sites excluding steroid dienone is 2. The van der Waals surface area contributed by atoms with E-state index in [0.29, 0.717) is 0 Å². The van der Waals surface area contributed by atoms with Gasteiger partial charge < -0.3 is 0 Å². The molecule has 0 aromatic rings. The molecule has 0 amide bonds. The van der Waals surface area contributed by atoms with Crippen molar-refractivity contribution in [2.45, 2.75) is 46.9 Å². The molecule has 0 aliphatic rings. The zero-order valence-corrected chi connectivity index (χ0v) is 10.8. The molecule has 1 nitrogen and oxygen atoms in total. The summed E-state index contributed by atoms with van der Waals surface area (Å²) in [5, 5.41) is 0.0196. The smallest absolute Gasteiger partial charge is 0.0724 e. The Balaban J connectivity index is -0.000000218. The summed E-state index contributed by atoms with van der Waals surface area (Å²) in [6.07, 6.45) is 3.85. The molecule has 0 aromatic carbocycles. The van der Waals surface area contributed by atoms with Gasteiger partial charge in [0.2, 0.25) is 0 Å². The van der Waals surface area contributed by atoms with E-state index in [4.69, 9.17) is 11.6 Å². The molecule has 1 unspecified atom stereocenters. The zero-order valence-electron chi connectivity index (χ0n) is 10.1. The van der Waals surface area contributed by atoms with Crippen LogP contribution in [0.3, 0.4) is 0 Å². The molecule has 0 bridgehead atoms. The minimum atomic E-state index is 0.0196. The van der Waals surface area contributed by atoms with Crippen molar-refractivity contribution in [2.24, 2.45) is 4.99 Å². The average Bonchev–Trinajstić information content (AvgIpc) is 2.20. The molecule has 0 fully saturated rings. The number of halogens is 1. The molecule has 0 aromatic heterocycles. The second kappa shape index (κ2) is 17.7. The molecule has 0 rings (SSSR count). The second-order valence-corrected chi connectivity index (χ2v) is 2.42. The molecule has 80 valence electrons. The van der Waals surface area contributed by atoms with Gasteiger partial charge in [-0.15, -0.1) is 11.6 Å². The highest BCUT2D eigenvalue weighted by Crippen LogP contribution is 1.98. The van der Waals surface area contributed by atoms with Crippen LogP contribution in [0.25, 0.3) is 0 Å². The quantitative estimate of drug-likeness (QED) is 0.471. The normalized spacial score (nSPS) is 12.5. The van der Waals surface area contributed by atoms with Crippen LogP contribution in [0.2, 0.25) is 0 Å². The van der Waals surface area contributed by atoms with Crippen molar-refractivity contribution in [3.05, 3.63) is 12.2 Å². The molecule has 0 radical (unpaired) electrons. The first-order valence-corrected chi connectivity index (χ1v) is 5.39. The van der Waals surface area contributed by atoms with Gasteiger partial charge in [-0.3, -0.25) is 4.99 Å². The first-order chi connectivity index (χ1) is 6.22. The van der Waals surface area contributed by atoms with Gasteiger partial charge >= 0.3 is 0 Å².